The van der Waals surface area contributed by atoms with Crippen LogP contribution in [0.15, 0.2) is 35.5 Å². The van der Waals surface area contributed by atoms with Gasteiger partial charge in [0.2, 0.25) is 0 Å². The molecule has 21 heavy (non-hydrogen) atoms. The number of aromatic nitrogens is 2. The van der Waals surface area contributed by atoms with Gasteiger partial charge in [-0.25, -0.2) is 8.42 Å². The molecule has 112 valence electrons. The molecule has 1 aromatic heterocycles. The standard InChI is InChI=1S/C12H15N5O3S/c1-17-7-9(6-15-17)21(18,19)16-10-4-3-8(12(13)14)5-11(10)20-2/h3-7,16H,1-2H3,(H3,13,14). The zero-order valence-corrected chi connectivity index (χ0v) is 12.3. The predicted octanol–water partition coefficient (Wildman–Crippen LogP) is 0.514. The monoisotopic (exact) mass is 309 g/mol. The van der Waals surface area contributed by atoms with Gasteiger partial charge >= 0.3 is 0 Å². The lowest BCUT2D eigenvalue weighted by molar-refractivity contribution is 0.417. The summed E-state index contributed by atoms with van der Waals surface area (Å²) in [6, 6.07) is 4.51. The Bertz CT molecular complexity index is 782. The quantitative estimate of drug-likeness (QED) is 0.548. The summed E-state index contributed by atoms with van der Waals surface area (Å²) >= 11 is 0. The maximum atomic E-state index is 12.2. The molecule has 0 saturated carbocycles. The van der Waals surface area contributed by atoms with Gasteiger partial charge < -0.3 is 10.5 Å². The molecule has 0 aliphatic heterocycles. The second kappa shape index (κ2) is 5.44. The topological polar surface area (TPSA) is 123 Å². The molecule has 4 N–H and O–H groups in total. The van der Waals surface area contributed by atoms with Crippen LogP contribution in [-0.4, -0.2) is 31.1 Å². The lowest BCUT2D eigenvalue weighted by atomic mass is 10.2. The highest BCUT2D eigenvalue weighted by atomic mass is 32.2. The van der Waals surface area contributed by atoms with E-state index >= 15 is 0 Å². The van der Waals surface area contributed by atoms with Crippen molar-refractivity contribution < 1.29 is 13.2 Å². The first-order valence-electron chi connectivity index (χ1n) is 5.87. The Kier molecular flexibility index (Phi) is 3.85. The second-order valence-corrected chi connectivity index (χ2v) is 5.97. The van der Waals surface area contributed by atoms with Crippen LogP contribution in [0.4, 0.5) is 5.69 Å². The van der Waals surface area contributed by atoms with Gasteiger partial charge in [-0.15, -0.1) is 0 Å². The van der Waals surface area contributed by atoms with E-state index in [-0.39, 0.29) is 22.2 Å². The van der Waals surface area contributed by atoms with Crippen LogP contribution < -0.4 is 15.2 Å². The molecule has 0 saturated heterocycles. The summed E-state index contributed by atoms with van der Waals surface area (Å²) in [5.74, 6) is 0.144. The summed E-state index contributed by atoms with van der Waals surface area (Å²) in [6.07, 6.45) is 2.64. The van der Waals surface area contributed by atoms with Crippen molar-refractivity contribution in [3.63, 3.8) is 0 Å². The van der Waals surface area contributed by atoms with Crippen molar-refractivity contribution in [2.75, 3.05) is 11.8 Å². The number of anilines is 1. The molecule has 0 unspecified atom stereocenters. The Labute approximate surface area is 122 Å². The van der Waals surface area contributed by atoms with Gasteiger partial charge in [-0.1, -0.05) is 0 Å². The molecule has 0 radical (unpaired) electrons. The Balaban J connectivity index is 2.37. The third-order valence-corrected chi connectivity index (χ3v) is 4.07. The summed E-state index contributed by atoms with van der Waals surface area (Å²) in [7, 11) is -0.726. The fourth-order valence-corrected chi connectivity index (χ4v) is 2.74. The van der Waals surface area contributed by atoms with E-state index in [9.17, 15) is 8.42 Å². The molecule has 8 nitrogen and oxygen atoms in total. The number of sulfonamides is 1. The lowest BCUT2D eigenvalue weighted by Gasteiger charge is -2.12. The fraction of sp³-hybridized carbons (Fsp3) is 0.167. The van der Waals surface area contributed by atoms with Crippen molar-refractivity contribution in [3.05, 3.63) is 36.2 Å². The highest BCUT2D eigenvalue weighted by Gasteiger charge is 2.18. The predicted molar refractivity (Wildman–Crippen MR) is 78.0 cm³/mol. The van der Waals surface area contributed by atoms with Crippen LogP contribution in [0.3, 0.4) is 0 Å². The van der Waals surface area contributed by atoms with Crippen LogP contribution in [0.2, 0.25) is 0 Å². The number of nitrogens with two attached hydrogens (primary N) is 1. The van der Waals surface area contributed by atoms with E-state index in [1.165, 1.54) is 42.4 Å². The van der Waals surface area contributed by atoms with Gasteiger partial charge in [0.1, 0.15) is 16.5 Å². The van der Waals surface area contributed by atoms with Gasteiger partial charge in [-0.2, -0.15) is 5.10 Å². The third-order valence-electron chi connectivity index (χ3n) is 2.75. The van der Waals surface area contributed by atoms with Gasteiger partial charge in [0.25, 0.3) is 10.0 Å². The number of rotatable bonds is 5. The number of benzene rings is 1. The highest BCUT2D eigenvalue weighted by molar-refractivity contribution is 7.92. The van der Waals surface area contributed by atoms with Crippen LogP contribution in [0.1, 0.15) is 5.56 Å². The lowest BCUT2D eigenvalue weighted by Crippen LogP contribution is -2.15. The minimum atomic E-state index is -3.76. The van der Waals surface area contributed by atoms with Crippen LogP contribution in [-0.2, 0) is 17.1 Å². The molecular formula is C12H15N5O3S. The van der Waals surface area contributed by atoms with Gasteiger partial charge in [-0.05, 0) is 18.2 Å². The zero-order valence-electron chi connectivity index (χ0n) is 11.5. The molecule has 2 aromatic rings. The maximum absolute atomic E-state index is 12.2. The van der Waals surface area contributed by atoms with E-state index < -0.39 is 10.0 Å². The number of hydrogen-bond acceptors (Lipinski definition) is 5. The van der Waals surface area contributed by atoms with Gasteiger partial charge in [0, 0.05) is 18.8 Å². The van der Waals surface area contributed by atoms with Crippen molar-refractivity contribution >= 4 is 21.5 Å². The molecule has 2 rings (SSSR count). The number of amidine groups is 1. The number of nitrogens with zero attached hydrogens (tertiary/aromatic N) is 2. The van der Waals surface area contributed by atoms with E-state index in [4.69, 9.17) is 15.9 Å². The summed E-state index contributed by atoms with van der Waals surface area (Å²) < 4.78 is 33.4. The van der Waals surface area contributed by atoms with E-state index in [1.54, 1.807) is 7.05 Å². The molecule has 0 bridgehead atoms. The summed E-state index contributed by atoms with van der Waals surface area (Å²) in [6.45, 7) is 0. The van der Waals surface area contributed by atoms with E-state index in [2.05, 4.69) is 9.82 Å². The van der Waals surface area contributed by atoms with Crippen LogP contribution in [0, 0.1) is 5.41 Å². The van der Waals surface area contributed by atoms with Gasteiger partial charge in [0.15, 0.2) is 0 Å². The molecular weight excluding hydrogens is 294 g/mol. The van der Waals surface area contributed by atoms with Gasteiger partial charge in [-0.3, -0.25) is 14.8 Å². The average molecular weight is 309 g/mol. The maximum Gasteiger partial charge on any atom is 0.265 e. The summed E-state index contributed by atoms with van der Waals surface area (Å²) in [5.41, 5.74) is 6.08. The van der Waals surface area contributed by atoms with Crippen molar-refractivity contribution in [2.45, 2.75) is 4.90 Å². The minimum absolute atomic E-state index is 0.0442. The van der Waals surface area contributed by atoms with E-state index in [1.807, 2.05) is 0 Å². The van der Waals surface area contributed by atoms with Crippen LogP contribution in [0.25, 0.3) is 0 Å². The van der Waals surface area contributed by atoms with Crippen molar-refractivity contribution in [1.29, 1.82) is 5.41 Å². The number of methoxy groups -OCH3 is 1. The largest absolute Gasteiger partial charge is 0.495 e. The molecule has 1 aromatic carbocycles. The van der Waals surface area contributed by atoms with Crippen molar-refractivity contribution in [1.82, 2.24) is 9.78 Å². The van der Waals surface area contributed by atoms with Crippen molar-refractivity contribution in [3.8, 4) is 5.75 Å². The first kappa shape index (κ1) is 14.9. The van der Waals surface area contributed by atoms with Crippen molar-refractivity contribution in [2.24, 2.45) is 12.8 Å². The number of nitrogens with one attached hydrogen (secondary N) is 2. The van der Waals surface area contributed by atoms with E-state index in [0.29, 0.717) is 5.56 Å². The zero-order chi connectivity index (χ0) is 15.6. The van der Waals surface area contributed by atoms with Gasteiger partial charge in [0.05, 0.1) is 19.0 Å². The second-order valence-electron chi connectivity index (χ2n) is 4.28. The van der Waals surface area contributed by atoms with Crippen LogP contribution in [0.5, 0.6) is 5.75 Å². The molecule has 0 aliphatic carbocycles. The molecule has 0 amide bonds. The highest BCUT2D eigenvalue weighted by Crippen LogP contribution is 2.27. The Morgan fingerprint density at radius 3 is 2.71 bits per heavy atom. The number of aryl methyl sites for hydroxylation is 1. The fourth-order valence-electron chi connectivity index (χ4n) is 1.68. The normalized spacial score (nSPS) is 11.1. The smallest absolute Gasteiger partial charge is 0.265 e. The third kappa shape index (κ3) is 3.14. The molecule has 0 spiro atoms. The molecule has 9 heteroatoms. The molecule has 0 aliphatic rings. The molecule has 0 atom stereocenters. The van der Waals surface area contributed by atoms with Crippen LogP contribution >= 0.6 is 0 Å². The Morgan fingerprint density at radius 2 is 2.19 bits per heavy atom. The number of ether oxygens (including phenoxy) is 1. The summed E-state index contributed by atoms with van der Waals surface area (Å²) in [5, 5.41) is 11.2. The SMILES string of the molecule is COc1cc(C(=N)N)ccc1NS(=O)(=O)c1cnn(C)c1. The number of nitrogen functional groups attached to an aromatic ring is 1. The first-order chi connectivity index (χ1) is 9.83. The molecule has 1 heterocycles. The Hall–Kier alpha value is -2.55. The number of hydrogen-bond donors (Lipinski definition) is 3. The van der Waals surface area contributed by atoms with E-state index in [0.717, 1.165) is 0 Å². The Morgan fingerprint density at radius 1 is 1.48 bits per heavy atom. The molecule has 0 fully saturated rings. The minimum Gasteiger partial charge on any atom is -0.495 e. The first-order valence-corrected chi connectivity index (χ1v) is 7.35. The average Bonchev–Trinajstić information content (AvgIpc) is 2.86. The summed E-state index contributed by atoms with van der Waals surface area (Å²) in [4.78, 5) is 0.0442.